The summed E-state index contributed by atoms with van der Waals surface area (Å²) in [5.74, 6) is 1.25. The van der Waals surface area contributed by atoms with Gasteiger partial charge in [0.15, 0.2) is 0 Å². The third kappa shape index (κ3) is 2.65. The molecule has 0 N–H and O–H groups in total. The lowest BCUT2D eigenvalue weighted by atomic mass is 9.92. The lowest BCUT2D eigenvalue weighted by Crippen LogP contribution is -2.34. The first-order valence-corrected chi connectivity index (χ1v) is 6.02. The number of rotatable bonds is 5. The fourth-order valence-corrected chi connectivity index (χ4v) is 1.74. The second-order valence-electron chi connectivity index (χ2n) is 4.57. The number of aromatic nitrogens is 3. The zero-order valence-electron chi connectivity index (χ0n) is 11.3. The molecule has 0 bridgehead atoms. The Kier molecular flexibility index (Phi) is 4.26. The predicted octanol–water partition coefficient (Wildman–Crippen LogP) is 1.84. The van der Waals surface area contributed by atoms with Crippen LogP contribution in [0.5, 0.6) is 0 Å². The van der Waals surface area contributed by atoms with Crippen LogP contribution >= 0.6 is 0 Å². The van der Waals surface area contributed by atoms with Crippen molar-refractivity contribution in [2.24, 2.45) is 0 Å². The number of nitrogens with zero attached hydrogens (tertiary/aromatic N) is 3. The Balaban J connectivity index is 3.09. The van der Waals surface area contributed by atoms with E-state index >= 15 is 0 Å². The summed E-state index contributed by atoms with van der Waals surface area (Å²) in [5.41, 5.74) is -0.757. The zero-order valence-corrected chi connectivity index (χ0v) is 11.3. The number of aryl methyl sites for hydroxylation is 1. The summed E-state index contributed by atoms with van der Waals surface area (Å²) in [5, 5.41) is 8.17. The lowest BCUT2D eigenvalue weighted by Gasteiger charge is -2.22. The fourth-order valence-electron chi connectivity index (χ4n) is 1.74. The third-order valence-electron chi connectivity index (χ3n) is 2.73. The normalized spacial score (nSPS) is 11.6. The molecular weight excluding hydrogens is 218 g/mol. The fraction of sp³-hybridized carbons (Fsp3) is 0.750. The molecule has 1 aromatic heterocycles. The molecular formula is C12H21N3O2. The zero-order chi connectivity index (χ0) is 13.1. The Labute approximate surface area is 102 Å². The molecule has 0 unspecified atom stereocenters. The highest BCUT2D eigenvalue weighted by Crippen LogP contribution is 2.24. The molecule has 0 radical (unpaired) electrons. The van der Waals surface area contributed by atoms with Gasteiger partial charge in [0.2, 0.25) is 0 Å². The van der Waals surface area contributed by atoms with E-state index in [4.69, 9.17) is 4.74 Å². The number of carbonyl (C=O) groups excluding carboxylic acids is 1. The highest BCUT2D eigenvalue weighted by Gasteiger charge is 2.36. The van der Waals surface area contributed by atoms with E-state index in [0.717, 1.165) is 18.8 Å². The standard InChI is InChI=1S/C12H21N3O2/c1-6-8-15-9(3)13-14-10(15)12(4,5)11(16)17-7-2/h6-8H2,1-5H3. The first-order chi connectivity index (χ1) is 7.95. The van der Waals surface area contributed by atoms with Crippen LogP contribution in [0.4, 0.5) is 0 Å². The Morgan fingerprint density at radius 2 is 2.00 bits per heavy atom. The molecule has 96 valence electrons. The topological polar surface area (TPSA) is 57.0 Å². The Morgan fingerprint density at radius 3 is 2.53 bits per heavy atom. The van der Waals surface area contributed by atoms with Crippen molar-refractivity contribution in [3.63, 3.8) is 0 Å². The quantitative estimate of drug-likeness (QED) is 0.736. The van der Waals surface area contributed by atoms with Crippen molar-refractivity contribution in [2.45, 2.75) is 53.0 Å². The maximum atomic E-state index is 11.9. The molecule has 0 amide bonds. The molecule has 1 aromatic rings. The average molecular weight is 239 g/mol. The number of hydrogen-bond donors (Lipinski definition) is 0. The van der Waals surface area contributed by atoms with Gasteiger partial charge in [0.05, 0.1) is 6.61 Å². The molecule has 17 heavy (non-hydrogen) atoms. The summed E-state index contributed by atoms with van der Waals surface area (Å²) in [6, 6.07) is 0. The van der Waals surface area contributed by atoms with Gasteiger partial charge in [0.25, 0.3) is 0 Å². The van der Waals surface area contributed by atoms with Gasteiger partial charge < -0.3 is 9.30 Å². The molecule has 0 aliphatic heterocycles. The van der Waals surface area contributed by atoms with Crippen LogP contribution in [0.3, 0.4) is 0 Å². The van der Waals surface area contributed by atoms with Crippen LogP contribution in [0.15, 0.2) is 0 Å². The summed E-state index contributed by atoms with van der Waals surface area (Å²) < 4.78 is 7.07. The van der Waals surface area contributed by atoms with Gasteiger partial charge in [-0.2, -0.15) is 0 Å². The molecule has 0 aromatic carbocycles. The largest absolute Gasteiger partial charge is 0.465 e. The molecule has 5 heteroatoms. The molecule has 0 fully saturated rings. The van der Waals surface area contributed by atoms with Crippen LogP contribution in [-0.4, -0.2) is 27.3 Å². The minimum atomic E-state index is -0.757. The highest BCUT2D eigenvalue weighted by atomic mass is 16.5. The first kappa shape index (κ1) is 13.7. The monoisotopic (exact) mass is 239 g/mol. The van der Waals surface area contributed by atoms with Crippen molar-refractivity contribution in [3.05, 3.63) is 11.6 Å². The van der Waals surface area contributed by atoms with Crippen molar-refractivity contribution in [1.29, 1.82) is 0 Å². The maximum absolute atomic E-state index is 11.9. The molecule has 0 atom stereocenters. The van der Waals surface area contributed by atoms with Gasteiger partial charge in [-0.25, -0.2) is 0 Å². The highest BCUT2D eigenvalue weighted by molar-refractivity contribution is 5.81. The minimum absolute atomic E-state index is 0.259. The molecule has 1 rings (SSSR count). The van der Waals surface area contributed by atoms with Gasteiger partial charge in [0.1, 0.15) is 17.1 Å². The Bertz CT molecular complexity index is 396. The third-order valence-corrected chi connectivity index (χ3v) is 2.73. The van der Waals surface area contributed by atoms with Crippen molar-refractivity contribution in [3.8, 4) is 0 Å². The number of carbonyl (C=O) groups is 1. The van der Waals surface area contributed by atoms with Crippen LogP contribution < -0.4 is 0 Å². The van der Waals surface area contributed by atoms with Crippen molar-refractivity contribution >= 4 is 5.97 Å². The summed E-state index contributed by atoms with van der Waals surface area (Å²) in [6.45, 7) is 10.6. The van der Waals surface area contributed by atoms with Gasteiger partial charge in [-0.15, -0.1) is 10.2 Å². The van der Waals surface area contributed by atoms with Crippen LogP contribution in [0.25, 0.3) is 0 Å². The molecule has 5 nitrogen and oxygen atoms in total. The van der Waals surface area contributed by atoms with Crippen LogP contribution in [0.1, 0.15) is 45.8 Å². The van der Waals surface area contributed by atoms with E-state index < -0.39 is 5.41 Å². The van der Waals surface area contributed by atoms with Crippen LogP contribution in [0, 0.1) is 6.92 Å². The lowest BCUT2D eigenvalue weighted by molar-refractivity contribution is -0.149. The van der Waals surface area contributed by atoms with E-state index in [9.17, 15) is 4.79 Å². The van der Waals surface area contributed by atoms with Crippen molar-refractivity contribution in [2.75, 3.05) is 6.61 Å². The van der Waals surface area contributed by atoms with Gasteiger partial charge in [-0.1, -0.05) is 6.92 Å². The molecule has 1 heterocycles. The van der Waals surface area contributed by atoms with E-state index in [1.807, 2.05) is 25.3 Å². The smallest absolute Gasteiger partial charge is 0.319 e. The van der Waals surface area contributed by atoms with Crippen molar-refractivity contribution in [1.82, 2.24) is 14.8 Å². The molecule has 0 aliphatic rings. The van der Waals surface area contributed by atoms with Gasteiger partial charge in [0, 0.05) is 6.54 Å². The molecule has 0 aliphatic carbocycles. The minimum Gasteiger partial charge on any atom is -0.465 e. The van der Waals surface area contributed by atoms with Gasteiger partial charge in [-0.3, -0.25) is 4.79 Å². The number of esters is 1. The van der Waals surface area contributed by atoms with Gasteiger partial charge in [-0.05, 0) is 34.1 Å². The molecule has 0 spiro atoms. The van der Waals surface area contributed by atoms with E-state index in [-0.39, 0.29) is 5.97 Å². The molecule has 0 saturated carbocycles. The van der Waals surface area contributed by atoms with E-state index in [0.29, 0.717) is 12.4 Å². The summed E-state index contributed by atoms with van der Waals surface area (Å²) >= 11 is 0. The number of ether oxygens (including phenoxy) is 1. The SMILES string of the molecule is CCCn1c(C)nnc1C(C)(C)C(=O)OCC. The van der Waals surface area contributed by atoms with Crippen molar-refractivity contribution < 1.29 is 9.53 Å². The second kappa shape index (κ2) is 5.29. The van der Waals surface area contributed by atoms with Crippen LogP contribution in [0.2, 0.25) is 0 Å². The average Bonchev–Trinajstić information content (AvgIpc) is 2.62. The Hall–Kier alpha value is -1.39. The van der Waals surface area contributed by atoms with E-state index in [1.54, 1.807) is 6.92 Å². The predicted molar refractivity (Wildman–Crippen MR) is 64.7 cm³/mol. The Morgan fingerprint density at radius 1 is 1.35 bits per heavy atom. The van der Waals surface area contributed by atoms with E-state index in [1.165, 1.54) is 0 Å². The van der Waals surface area contributed by atoms with E-state index in [2.05, 4.69) is 17.1 Å². The second-order valence-corrected chi connectivity index (χ2v) is 4.57. The van der Waals surface area contributed by atoms with Gasteiger partial charge >= 0.3 is 5.97 Å². The summed E-state index contributed by atoms with van der Waals surface area (Å²) in [4.78, 5) is 11.9. The number of hydrogen-bond acceptors (Lipinski definition) is 4. The molecule has 0 saturated heterocycles. The summed E-state index contributed by atoms with van der Waals surface area (Å²) in [7, 11) is 0. The van der Waals surface area contributed by atoms with Crippen LogP contribution in [-0.2, 0) is 21.5 Å². The maximum Gasteiger partial charge on any atom is 0.319 e. The summed E-state index contributed by atoms with van der Waals surface area (Å²) in [6.07, 6.45) is 0.977. The first-order valence-electron chi connectivity index (χ1n) is 6.02.